The fourth-order valence-electron chi connectivity index (χ4n) is 3.72. The number of H-pyrrole nitrogens is 1. The van der Waals surface area contributed by atoms with Gasteiger partial charge in [0.15, 0.2) is 0 Å². The summed E-state index contributed by atoms with van der Waals surface area (Å²) in [5, 5.41) is 5.50. The van der Waals surface area contributed by atoms with E-state index < -0.39 is 17.7 Å². The van der Waals surface area contributed by atoms with Crippen LogP contribution in [0.2, 0.25) is 0 Å². The third kappa shape index (κ3) is 3.64. The van der Waals surface area contributed by atoms with Crippen LogP contribution in [0.1, 0.15) is 30.9 Å². The number of amides is 1. The van der Waals surface area contributed by atoms with Crippen molar-refractivity contribution < 1.29 is 13.6 Å². The van der Waals surface area contributed by atoms with E-state index in [4.69, 9.17) is 0 Å². The predicted octanol–water partition coefficient (Wildman–Crippen LogP) is 2.22. The van der Waals surface area contributed by atoms with Gasteiger partial charge >= 0.3 is 0 Å². The molecule has 0 aliphatic carbocycles. The van der Waals surface area contributed by atoms with E-state index in [1.807, 2.05) is 4.90 Å². The molecular formula is C19H19F2N5O2. The second-order valence-corrected chi connectivity index (χ2v) is 6.95. The maximum absolute atomic E-state index is 13.6. The number of piperidine rings is 1. The van der Waals surface area contributed by atoms with Crippen LogP contribution in [0.25, 0.3) is 0 Å². The van der Waals surface area contributed by atoms with Crippen LogP contribution in [0.3, 0.4) is 0 Å². The molecule has 1 fully saturated rings. The Bertz CT molecular complexity index is 949. The van der Waals surface area contributed by atoms with Crippen LogP contribution >= 0.6 is 0 Å². The fraction of sp³-hybridized carbons (Fsp3) is 0.368. The normalized spacial score (nSPS) is 20.0. The Kier molecular flexibility index (Phi) is 4.89. The highest BCUT2D eigenvalue weighted by Gasteiger charge is 2.35. The minimum atomic E-state index is -0.674. The van der Waals surface area contributed by atoms with E-state index in [1.165, 1.54) is 29.4 Å². The predicted molar refractivity (Wildman–Crippen MR) is 98.8 cm³/mol. The first-order valence-electron chi connectivity index (χ1n) is 9.13. The maximum Gasteiger partial charge on any atom is 0.252 e. The minimum Gasteiger partial charge on any atom is -0.342 e. The van der Waals surface area contributed by atoms with E-state index in [-0.39, 0.29) is 17.4 Å². The number of rotatable bonds is 3. The van der Waals surface area contributed by atoms with E-state index in [9.17, 15) is 18.4 Å². The quantitative estimate of drug-likeness (QED) is 0.876. The molecule has 28 heavy (non-hydrogen) atoms. The summed E-state index contributed by atoms with van der Waals surface area (Å²) in [6, 6.07) is 4.14. The zero-order valence-electron chi connectivity index (χ0n) is 15.0. The van der Waals surface area contributed by atoms with E-state index in [2.05, 4.69) is 15.1 Å². The van der Waals surface area contributed by atoms with Gasteiger partial charge in [-0.25, -0.2) is 18.8 Å². The molecule has 7 nitrogen and oxygen atoms in total. The maximum atomic E-state index is 13.6. The van der Waals surface area contributed by atoms with Gasteiger partial charge in [0.25, 0.3) is 5.56 Å². The lowest BCUT2D eigenvalue weighted by atomic mass is 9.94. The highest BCUT2D eigenvalue weighted by molar-refractivity contribution is 5.82. The molecule has 1 aromatic carbocycles. The Labute approximate surface area is 159 Å². The molecule has 1 N–H and O–H groups in total. The van der Waals surface area contributed by atoms with Crippen molar-refractivity contribution in [3.63, 3.8) is 0 Å². The molecule has 1 saturated heterocycles. The Morgan fingerprint density at radius 2 is 1.86 bits per heavy atom. The molecular weight excluding hydrogens is 368 g/mol. The van der Waals surface area contributed by atoms with Crippen LogP contribution in [0.4, 0.5) is 14.7 Å². The number of hydrazone groups is 1. The molecule has 0 unspecified atom stereocenters. The number of anilines is 1. The summed E-state index contributed by atoms with van der Waals surface area (Å²) in [5.41, 5.74) is 0.173. The first-order chi connectivity index (χ1) is 13.5. The van der Waals surface area contributed by atoms with Crippen LogP contribution in [0.15, 0.2) is 40.4 Å². The van der Waals surface area contributed by atoms with E-state index in [0.717, 1.165) is 6.07 Å². The molecule has 2 aliphatic rings. The Hall–Kier alpha value is -3.10. The van der Waals surface area contributed by atoms with Gasteiger partial charge in [0.2, 0.25) is 11.9 Å². The molecule has 9 heteroatoms. The number of nitrogens with zero attached hydrogens (tertiary/aromatic N) is 4. The summed E-state index contributed by atoms with van der Waals surface area (Å²) in [4.78, 5) is 33.2. The van der Waals surface area contributed by atoms with Crippen molar-refractivity contribution in [2.24, 2.45) is 11.0 Å². The molecule has 1 aromatic heterocycles. The highest BCUT2D eigenvalue weighted by atomic mass is 19.1. The van der Waals surface area contributed by atoms with Crippen molar-refractivity contribution in [3.8, 4) is 0 Å². The number of aromatic nitrogens is 2. The van der Waals surface area contributed by atoms with Gasteiger partial charge in [-0.3, -0.25) is 14.6 Å². The van der Waals surface area contributed by atoms with E-state index in [1.54, 1.807) is 6.21 Å². The van der Waals surface area contributed by atoms with Gasteiger partial charge in [0.05, 0.1) is 6.04 Å². The van der Waals surface area contributed by atoms with Gasteiger partial charge in [-0.2, -0.15) is 5.10 Å². The van der Waals surface area contributed by atoms with Crippen LogP contribution in [0.5, 0.6) is 0 Å². The lowest BCUT2D eigenvalue weighted by molar-refractivity contribution is -0.138. The molecule has 0 radical (unpaired) electrons. The van der Waals surface area contributed by atoms with Crippen LogP contribution in [0, 0.1) is 17.6 Å². The average molecular weight is 387 g/mol. The van der Waals surface area contributed by atoms with Crippen LogP contribution < -0.4 is 10.5 Å². The number of carbonyl (C=O) groups excluding carboxylic acids is 1. The summed E-state index contributed by atoms with van der Waals surface area (Å²) in [5.74, 6) is -1.26. The van der Waals surface area contributed by atoms with Gasteiger partial charge < -0.3 is 4.90 Å². The van der Waals surface area contributed by atoms with E-state index in [0.29, 0.717) is 43.9 Å². The lowest BCUT2D eigenvalue weighted by Crippen LogP contribution is -2.42. The number of hydrogen-bond donors (Lipinski definition) is 1. The Morgan fingerprint density at radius 1 is 1.14 bits per heavy atom. The molecule has 1 amide bonds. The molecule has 146 valence electrons. The molecule has 2 aliphatic heterocycles. The zero-order valence-corrected chi connectivity index (χ0v) is 15.0. The topological polar surface area (TPSA) is 81.7 Å². The van der Waals surface area contributed by atoms with E-state index >= 15 is 0 Å². The van der Waals surface area contributed by atoms with Gasteiger partial charge in [-0.15, -0.1) is 0 Å². The number of benzene rings is 1. The second kappa shape index (κ2) is 7.49. The van der Waals surface area contributed by atoms with Crippen molar-refractivity contribution >= 4 is 18.1 Å². The van der Waals surface area contributed by atoms with Crippen molar-refractivity contribution in [1.82, 2.24) is 15.0 Å². The van der Waals surface area contributed by atoms with Crippen LogP contribution in [-0.4, -0.2) is 40.2 Å². The molecule has 1 atom stereocenters. The minimum absolute atomic E-state index is 0.155. The van der Waals surface area contributed by atoms with Crippen molar-refractivity contribution in [2.45, 2.75) is 25.3 Å². The van der Waals surface area contributed by atoms with Gasteiger partial charge in [-0.1, -0.05) is 0 Å². The highest BCUT2D eigenvalue weighted by Crippen LogP contribution is 2.32. The molecule has 4 rings (SSSR count). The molecule has 0 saturated carbocycles. The largest absolute Gasteiger partial charge is 0.342 e. The monoisotopic (exact) mass is 387 g/mol. The SMILES string of the molecule is O=C(C1CCN(c2nccc(=O)[nH]2)CC1)N1N=CC[C@H]1c1cc(F)cc(F)c1. The number of carbonyl (C=O) groups is 1. The fourth-order valence-corrected chi connectivity index (χ4v) is 3.72. The van der Waals surface area contributed by atoms with Crippen molar-refractivity contribution in [1.29, 1.82) is 0 Å². The third-order valence-corrected chi connectivity index (χ3v) is 5.13. The summed E-state index contributed by atoms with van der Waals surface area (Å²) in [6.45, 7) is 1.14. The van der Waals surface area contributed by atoms with Gasteiger partial charge in [0.1, 0.15) is 11.6 Å². The molecule has 0 bridgehead atoms. The smallest absolute Gasteiger partial charge is 0.252 e. The standard InChI is InChI=1S/C19H19F2N5O2/c20-14-9-13(10-15(21)11-14)16-1-6-23-26(16)18(28)12-3-7-25(8-4-12)19-22-5-2-17(27)24-19/h2,5-6,9-12,16H,1,3-4,7-8H2,(H,22,24,27)/t16-/m0/s1. The summed E-state index contributed by atoms with van der Waals surface area (Å²) >= 11 is 0. The number of aromatic amines is 1. The summed E-state index contributed by atoms with van der Waals surface area (Å²) in [6.07, 6.45) is 4.62. The van der Waals surface area contributed by atoms with Crippen molar-refractivity contribution in [3.05, 3.63) is 58.0 Å². The van der Waals surface area contributed by atoms with Gasteiger partial charge in [-0.05, 0) is 30.5 Å². The number of halogens is 2. The lowest BCUT2D eigenvalue weighted by Gasteiger charge is -2.34. The Balaban J connectivity index is 1.44. The number of nitrogens with one attached hydrogen (secondary N) is 1. The second-order valence-electron chi connectivity index (χ2n) is 6.95. The molecule has 0 spiro atoms. The van der Waals surface area contributed by atoms with Gasteiger partial charge in [0, 0.05) is 50.0 Å². The summed E-state index contributed by atoms with van der Waals surface area (Å²) in [7, 11) is 0. The summed E-state index contributed by atoms with van der Waals surface area (Å²) < 4.78 is 27.2. The molecule has 3 heterocycles. The molecule has 2 aromatic rings. The van der Waals surface area contributed by atoms with Crippen molar-refractivity contribution in [2.75, 3.05) is 18.0 Å². The van der Waals surface area contributed by atoms with Crippen LogP contribution in [-0.2, 0) is 4.79 Å². The first-order valence-corrected chi connectivity index (χ1v) is 9.13. The third-order valence-electron chi connectivity index (χ3n) is 5.13. The zero-order chi connectivity index (χ0) is 19.7. The first kappa shape index (κ1) is 18.3. The average Bonchev–Trinajstić information content (AvgIpc) is 3.17. The Morgan fingerprint density at radius 3 is 2.54 bits per heavy atom. The number of hydrogen-bond acceptors (Lipinski definition) is 5.